The van der Waals surface area contributed by atoms with Crippen LogP contribution in [0, 0.1) is 0 Å². The number of carboxylic acid groups (broad SMARTS) is 1. The lowest BCUT2D eigenvalue weighted by Crippen LogP contribution is -2.15. The Morgan fingerprint density at radius 3 is 2.63 bits per heavy atom. The second-order valence-electron chi connectivity index (χ2n) is 4.06. The Morgan fingerprint density at radius 2 is 1.95 bits per heavy atom. The second-order valence-corrected chi connectivity index (χ2v) is 5.11. The molecule has 3 rings (SSSR count). The molecular weight excluding hydrogens is 266 g/mol. The van der Waals surface area contributed by atoms with Gasteiger partial charge in [0.1, 0.15) is 18.1 Å². The molecule has 2 heterocycles. The Kier molecular flexibility index (Phi) is 2.79. The summed E-state index contributed by atoms with van der Waals surface area (Å²) in [5.41, 5.74) is 6.84. The zero-order valence-corrected chi connectivity index (χ0v) is 10.7. The molecule has 0 saturated carbocycles. The smallest absolute Gasteiger partial charge is 0.348 e. The van der Waals surface area contributed by atoms with E-state index in [-0.39, 0.29) is 10.6 Å². The van der Waals surface area contributed by atoms with Gasteiger partial charge in [-0.25, -0.2) is 4.79 Å². The van der Waals surface area contributed by atoms with Crippen molar-refractivity contribution in [3.63, 3.8) is 0 Å². The van der Waals surface area contributed by atoms with E-state index >= 15 is 0 Å². The van der Waals surface area contributed by atoms with Crippen molar-refractivity contribution in [2.75, 3.05) is 18.9 Å². The highest BCUT2D eigenvalue weighted by atomic mass is 32.1. The molecule has 0 spiro atoms. The first kappa shape index (κ1) is 11.9. The van der Waals surface area contributed by atoms with Gasteiger partial charge in [-0.2, -0.15) is 0 Å². The third kappa shape index (κ3) is 2.10. The van der Waals surface area contributed by atoms with Gasteiger partial charge >= 0.3 is 5.97 Å². The maximum Gasteiger partial charge on any atom is 0.348 e. The van der Waals surface area contributed by atoms with Gasteiger partial charge in [0, 0.05) is 4.88 Å². The van der Waals surface area contributed by atoms with Gasteiger partial charge < -0.3 is 20.3 Å². The summed E-state index contributed by atoms with van der Waals surface area (Å²) in [6.45, 7) is 1.06. The topological polar surface area (TPSA) is 81.8 Å². The Balaban J connectivity index is 2.02. The summed E-state index contributed by atoms with van der Waals surface area (Å²) in [5, 5.41) is 9.00. The number of hydrogen-bond acceptors (Lipinski definition) is 5. The molecule has 0 unspecified atom stereocenters. The maximum atomic E-state index is 11.0. The lowest BCUT2D eigenvalue weighted by atomic mass is 10.1. The molecule has 1 aliphatic heterocycles. The van der Waals surface area contributed by atoms with Crippen LogP contribution in [0.3, 0.4) is 0 Å². The predicted octanol–water partition coefficient (Wildman–Crippen LogP) is 2.47. The Labute approximate surface area is 113 Å². The molecule has 6 heteroatoms. The summed E-state index contributed by atoms with van der Waals surface area (Å²) in [6, 6.07) is 7.19. The first-order valence-electron chi connectivity index (χ1n) is 5.68. The van der Waals surface area contributed by atoms with E-state index in [2.05, 4.69) is 0 Å². The Morgan fingerprint density at radius 1 is 1.21 bits per heavy atom. The number of carboxylic acids is 1. The van der Waals surface area contributed by atoms with Gasteiger partial charge in [0.25, 0.3) is 0 Å². The summed E-state index contributed by atoms with van der Waals surface area (Å²) >= 11 is 1.15. The van der Waals surface area contributed by atoms with Crippen molar-refractivity contribution in [2.24, 2.45) is 0 Å². The standard InChI is InChI=1S/C13H11NO4S/c14-8-6-11(19-12(8)13(15)16)7-1-2-9-10(5-7)18-4-3-17-9/h1-2,5-6H,3-4,14H2,(H,15,16). The molecule has 0 fully saturated rings. The average molecular weight is 277 g/mol. The molecule has 98 valence electrons. The van der Waals surface area contributed by atoms with E-state index in [1.165, 1.54) is 0 Å². The molecule has 2 aromatic rings. The number of aromatic carboxylic acids is 1. The van der Waals surface area contributed by atoms with Crippen LogP contribution in [0.15, 0.2) is 24.3 Å². The minimum atomic E-state index is -1.01. The fourth-order valence-electron chi connectivity index (χ4n) is 1.91. The van der Waals surface area contributed by atoms with Crippen LogP contribution in [-0.2, 0) is 0 Å². The van der Waals surface area contributed by atoms with Crippen molar-refractivity contribution >= 4 is 23.0 Å². The zero-order valence-electron chi connectivity index (χ0n) is 9.88. The van der Waals surface area contributed by atoms with Crippen molar-refractivity contribution in [1.82, 2.24) is 0 Å². The molecule has 1 aromatic carbocycles. The van der Waals surface area contributed by atoms with Crippen molar-refractivity contribution in [1.29, 1.82) is 0 Å². The number of fused-ring (bicyclic) bond motifs is 1. The van der Waals surface area contributed by atoms with Gasteiger partial charge in [0.05, 0.1) is 5.69 Å². The summed E-state index contributed by atoms with van der Waals surface area (Å²) < 4.78 is 10.9. The zero-order chi connectivity index (χ0) is 13.4. The highest BCUT2D eigenvalue weighted by Crippen LogP contribution is 2.38. The third-order valence-corrected chi connectivity index (χ3v) is 3.97. The van der Waals surface area contributed by atoms with E-state index in [4.69, 9.17) is 20.3 Å². The number of benzene rings is 1. The number of rotatable bonds is 2. The van der Waals surface area contributed by atoms with Gasteiger partial charge in [-0.05, 0) is 29.8 Å². The summed E-state index contributed by atoms with van der Waals surface area (Å²) in [4.78, 5) is 11.9. The van der Waals surface area contributed by atoms with Crippen LogP contribution in [0.4, 0.5) is 5.69 Å². The summed E-state index contributed by atoms with van der Waals surface area (Å²) in [6.07, 6.45) is 0. The van der Waals surface area contributed by atoms with E-state index in [9.17, 15) is 4.79 Å². The maximum absolute atomic E-state index is 11.0. The average Bonchev–Trinajstić information content (AvgIpc) is 2.80. The first-order valence-corrected chi connectivity index (χ1v) is 6.49. The third-order valence-electron chi connectivity index (χ3n) is 2.78. The van der Waals surface area contributed by atoms with Crippen molar-refractivity contribution in [3.8, 4) is 21.9 Å². The van der Waals surface area contributed by atoms with Crippen LogP contribution < -0.4 is 15.2 Å². The van der Waals surface area contributed by atoms with Gasteiger partial charge in [-0.1, -0.05) is 0 Å². The molecule has 0 aliphatic carbocycles. The lowest BCUT2D eigenvalue weighted by molar-refractivity contribution is 0.0703. The molecular formula is C13H11NO4S. The number of anilines is 1. The van der Waals surface area contributed by atoms with Crippen LogP contribution >= 0.6 is 11.3 Å². The fraction of sp³-hybridized carbons (Fsp3) is 0.154. The fourth-order valence-corrected chi connectivity index (χ4v) is 2.83. The highest BCUT2D eigenvalue weighted by Gasteiger charge is 2.17. The predicted molar refractivity (Wildman–Crippen MR) is 72.1 cm³/mol. The van der Waals surface area contributed by atoms with Gasteiger partial charge in [-0.3, -0.25) is 0 Å². The number of hydrogen-bond donors (Lipinski definition) is 2. The number of thiophene rings is 1. The highest BCUT2D eigenvalue weighted by molar-refractivity contribution is 7.17. The van der Waals surface area contributed by atoms with Crippen molar-refractivity contribution < 1.29 is 19.4 Å². The number of nitrogen functional groups attached to an aromatic ring is 1. The minimum Gasteiger partial charge on any atom is -0.486 e. The number of ether oxygens (including phenoxy) is 2. The summed E-state index contributed by atoms with van der Waals surface area (Å²) in [7, 11) is 0. The molecule has 0 radical (unpaired) electrons. The first-order chi connectivity index (χ1) is 9.15. The molecule has 0 bridgehead atoms. The van der Waals surface area contributed by atoms with E-state index < -0.39 is 5.97 Å². The van der Waals surface area contributed by atoms with Crippen LogP contribution in [0.25, 0.3) is 10.4 Å². The molecule has 0 amide bonds. The van der Waals surface area contributed by atoms with E-state index in [0.29, 0.717) is 24.7 Å². The molecule has 1 aromatic heterocycles. The largest absolute Gasteiger partial charge is 0.486 e. The molecule has 3 N–H and O–H groups in total. The van der Waals surface area contributed by atoms with E-state index in [1.807, 2.05) is 18.2 Å². The molecule has 5 nitrogen and oxygen atoms in total. The van der Waals surface area contributed by atoms with Crippen molar-refractivity contribution in [3.05, 3.63) is 29.1 Å². The lowest BCUT2D eigenvalue weighted by Gasteiger charge is -2.18. The second kappa shape index (κ2) is 4.47. The quantitative estimate of drug-likeness (QED) is 0.881. The number of carbonyl (C=O) groups is 1. The minimum absolute atomic E-state index is 0.157. The Bertz CT molecular complexity index is 650. The van der Waals surface area contributed by atoms with E-state index in [0.717, 1.165) is 21.8 Å². The van der Waals surface area contributed by atoms with Gasteiger partial charge in [-0.15, -0.1) is 11.3 Å². The number of nitrogens with two attached hydrogens (primary N) is 1. The van der Waals surface area contributed by atoms with Crippen LogP contribution in [0.1, 0.15) is 9.67 Å². The SMILES string of the molecule is Nc1cc(-c2ccc3c(c2)OCCO3)sc1C(=O)O. The van der Waals surface area contributed by atoms with Crippen LogP contribution in [0.5, 0.6) is 11.5 Å². The molecule has 0 atom stereocenters. The van der Waals surface area contributed by atoms with Crippen LogP contribution in [0.2, 0.25) is 0 Å². The molecule has 0 saturated heterocycles. The normalized spacial score (nSPS) is 13.3. The van der Waals surface area contributed by atoms with Gasteiger partial charge in [0.15, 0.2) is 11.5 Å². The summed E-state index contributed by atoms with van der Waals surface area (Å²) in [5.74, 6) is 0.372. The molecule has 19 heavy (non-hydrogen) atoms. The van der Waals surface area contributed by atoms with Gasteiger partial charge in [0.2, 0.25) is 0 Å². The Hall–Kier alpha value is -2.21. The van der Waals surface area contributed by atoms with E-state index in [1.54, 1.807) is 6.07 Å². The molecule has 1 aliphatic rings. The monoisotopic (exact) mass is 277 g/mol. The van der Waals surface area contributed by atoms with Crippen LogP contribution in [-0.4, -0.2) is 24.3 Å². The van der Waals surface area contributed by atoms with Crippen molar-refractivity contribution in [2.45, 2.75) is 0 Å².